The Hall–Kier alpha value is -0.850. The summed E-state index contributed by atoms with van der Waals surface area (Å²) in [6.07, 6.45) is 1.68. The summed E-state index contributed by atoms with van der Waals surface area (Å²) in [5.41, 5.74) is 6.47. The van der Waals surface area contributed by atoms with Gasteiger partial charge in [0.2, 0.25) is 0 Å². The summed E-state index contributed by atoms with van der Waals surface area (Å²) in [4.78, 5) is 1.05. The van der Waals surface area contributed by atoms with E-state index in [1.54, 1.807) is 17.4 Å². The zero-order valence-electron chi connectivity index (χ0n) is 8.01. The van der Waals surface area contributed by atoms with Gasteiger partial charge < -0.3 is 11.1 Å². The summed E-state index contributed by atoms with van der Waals surface area (Å²) < 4.78 is 22.2. The number of hydrogen-bond acceptors (Lipinski definition) is 5. The minimum Gasteiger partial charge on any atom is -0.398 e. The van der Waals surface area contributed by atoms with Gasteiger partial charge in [0.05, 0.1) is 5.75 Å². The second-order valence-corrected chi connectivity index (χ2v) is 6.38. The van der Waals surface area contributed by atoms with Crippen molar-refractivity contribution in [2.45, 2.75) is 12.6 Å². The first-order chi connectivity index (χ1) is 7.07. The number of nitrogens with two attached hydrogens (primary N) is 1. The fourth-order valence-electron chi connectivity index (χ4n) is 1.42. The van der Waals surface area contributed by atoms with E-state index in [1.807, 2.05) is 11.4 Å². The molecular weight excluding hydrogens is 232 g/mol. The second-order valence-electron chi connectivity index (χ2n) is 3.44. The Morgan fingerprint density at radius 2 is 2.40 bits per heavy atom. The maximum absolute atomic E-state index is 11.1. The fraction of sp³-hybridized carbons (Fsp3) is 0.333. The van der Waals surface area contributed by atoms with Gasteiger partial charge in [0.1, 0.15) is 0 Å². The lowest BCUT2D eigenvalue weighted by molar-refractivity contribution is 0.591. The van der Waals surface area contributed by atoms with Crippen LogP contribution in [0.5, 0.6) is 0 Å². The van der Waals surface area contributed by atoms with E-state index in [9.17, 15) is 8.42 Å². The number of hydrogen-bond donors (Lipinski definition) is 2. The maximum atomic E-state index is 11.1. The number of rotatable bonds is 3. The summed E-state index contributed by atoms with van der Waals surface area (Å²) in [5, 5.41) is 6.34. The second kappa shape index (κ2) is 3.96. The van der Waals surface area contributed by atoms with Gasteiger partial charge >= 0.3 is 0 Å². The fourth-order valence-corrected chi connectivity index (χ4v) is 3.44. The van der Waals surface area contributed by atoms with Gasteiger partial charge in [0, 0.05) is 28.6 Å². The lowest BCUT2D eigenvalue weighted by atomic mass is 10.3. The third-order valence-electron chi connectivity index (χ3n) is 2.23. The van der Waals surface area contributed by atoms with Crippen molar-refractivity contribution in [2.75, 3.05) is 11.5 Å². The normalized spacial score (nSPS) is 23.3. The smallest absolute Gasteiger partial charge is 0.173 e. The van der Waals surface area contributed by atoms with Crippen LogP contribution in [0.1, 0.15) is 4.88 Å². The van der Waals surface area contributed by atoms with Crippen LogP contribution in [0, 0.1) is 0 Å². The molecule has 82 valence electrons. The molecule has 0 fully saturated rings. The van der Waals surface area contributed by atoms with Gasteiger partial charge in [0.25, 0.3) is 0 Å². The Morgan fingerprint density at radius 1 is 1.60 bits per heavy atom. The number of nitrogens with one attached hydrogen (secondary N) is 1. The highest BCUT2D eigenvalue weighted by Crippen LogP contribution is 2.19. The van der Waals surface area contributed by atoms with Crippen LogP contribution in [0.15, 0.2) is 22.9 Å². The maximum Gasteiger partial charge on any atom is 0.173 e. The third kappa shape index (κ3) is 2.58. The molecule has 1 aliphatic rings. The first-order valence-corrected chi connectivity index (χ1v) is 7.12. The van der Waals surface area contributed by atoms with Crippen LogP contribution in [-0.2, 0) is 16.4 Å². The molecule has 1 aliphatic heterocycles. The molecule has 0 saturated heterocycles. The van der Waals surface area contributed by atoms with Crippen LogP contribution in [0.25, 0.3) is 0 Å². The molecule has 1 atom stereocenters. The Balaban J connectivity index is 1.91. The van der Waals surface area contributed by atoms with E-state index in [-0.39, 0.29) is 11.8 Å². The van der Waals surface area contributed by atoms with Crippen molar-refractivity contribution in [3.63, 3.8) is 0 Å². The van der Waals surface area contributed by atoms with Gasteiger partial charge in [-0.2, -0.15) is 0 Å². The van der Waals surface area contributed by atoms with Crippen molar-refractivity contribution in [3.05, 3.63) is 27.8 Å². The Labute approximate surface area is 92.7 Å². The van der Waals surface area contributed by atoms with E-state index in [2.05, 4.69) is 5.32 Å². The van der Waals surface area contributed by atoms with Gasteiger partial charge in [-0.15, -0.1) is 11.3 Å². The van der Waals surface area contributed by atoms with E-state index in [0.29, 0.717) is 6.54 Å². The first kappa shape index (κ1) is 10.7. The molecule has 0 bridgehead atoms. The molecule has 4 nitrogen and oxygen atoms in total. The molecule has 0 saturated carbocycles. The van der Waals surface area contributed by atoms with Crippen molar-refractivity contribution < 1.29 is 8.42 Å². The first-order valence-electron chi connectivity index (χ1n) is 4.53. The van der Waals surface area contributed by atoms with Crippen molar-refractivity contribution >= 4 is 26.9 Å². The van der Waals surface area contributed by atoms with Crippen molar-refractivity contribution in [2.24, 2.45) is 0 Å². The minimum atomic E-state index is -2.97. The summed E-state index contributed by atoms with van der Waals surface area (Å²) in [6, 6.07) is 1.76. The Kier molecular flexibility index (Phi) is 2.81. The Bertz CT molecular complexity index is 476. The standard InChI is InChI=1S/C9H12N2O2S2/c10-8-1-3-14-9(8)5-11-7-2-4-15(12,13)6-7/h1-4,7,11H,5-6,10H2. The van der Waals surface area contributed by atoms with Gasteiger partial charge in [-0.1, -0.05) is 6.08 Å². The zero-order chi connectivity index (χ0) is 10.9. The average molecular weight is 244 g/mol. The highest BCUT2D eigenvalue weighted by molar-refractivity contribution is 7.94. The summed E-state index contributed by atoms with van der Waals surface area (Å²) in [7, 11) is -2.97. The number of nitrogen functional groups attached to an aromatic ring is 1. The predicted molar refractivity (Wildman–Crippen MR) is 62.3 cm³/mol. The van der Waals surface area contributed by atoms with Gasteiger partial charge in [-0.05, 0) is 11.4 Å². The molecule has 0 spiro atoms. The van der Waals surface area contributed by atoms with E-state index < -0.39 is 9.84 Å². The summed E-state index contributed by atoms with van der Waals surface area (Å²) in [6.45, 7) is 0.619. The molecule has 6 heteroatoms. The molecule has 0 radical (unpaired) electrons. The van der Waals surface area contributed by atoms with E-state index in [1.165, 1.54) is 5.41 Å². The lowest BCUT2D eigenvalue weighted by Crippen LogP contribution is -2.29. The van der Waals surface area contributed by atoms with E-state index in [0.717, 1.165) is 10.6 Å². The largest absolute Gasteiger partial charge is 0.398 e. The highest BCUT2D eigenvalue weighted by Gasteiger charge is 2.21. The van der Waals surface area contributed by atoms with Crippen LogP contribution in [0.3, 0.4) is 0 Å². The van der Waals surface area contributed by atoms with Crippen LogP contribution in [-0.4, -0.2) is 20.2 Å². The quantitative estimate of drug-likeness (QED) is 0.822. The molecular formula is C9H12N2O2S2. The van der Waals surface area contributed by atoms with Crippen molar-refractivity contribution in [3.8, 4) is 0 Å². The van der Waals surface area contributed by atoms with E-state index >= 15 is 0 Å². The minimum absolute atomic E-state index is 0.0866. The zero-order valence-corrected chi connectivity index (χ0v) is 9.64. The van der Waals surface area contributed by atoms with E-state index in [4.69, 9.17) is 5.73 Å². The average Bonchev–Trinajstić information content (AvgIpc) is 2.69. The molecule has 1 unspecified atom stereocenters. The van der Waals surface area contributed by atoms with Crippen molar-refractivity contribution in [1.82, 2.24) is 5.32 Å². The third-order valence-corrected chi connectivity index (χ3v) is 4.57. The molecule has 3 N–H and O–H groups in total. The monoisotopic (exact) mass is 244 g/mol. The molecule has 2 heterocycles. The van der Waals surface area contributed by atoms with Crippen LogP contribution in [0.4, 0.5) is 5.69 Å². The highest BCUT2D eigenvalue weighted by atomic mass is 32.2. The molecule has 2 rings (SSSR count). The Morgan fingerprint density at radius 3 is 2.93 bits per heavy atom. The molecule has 0 aromatic carbocycles. The number of thiophene rings is 1. The van der Waals surface area contributed by atoms with Crippen LogP contribution >= 0.6 is 11.3 Å². The molecule has 1 aromatic rings. The van der Waals surface area contributed by atoms with Gasteiger partial charge in [0.15, 0.2) is 9.84 Å². The van der Waals surface area contributed by atoms with Gasteiger partial charge in [-0.25, -0.2) is 8.42 Å². The SMILES string of the molecule is Nc1ccsc1CNC1C=CS(=O)(=O)C1. The van der Waals surface area contributed by atoms with Crippen molar-refractivity contribution in [1.29, 1.82) is 0 Å². The molecule has 1 aromatic heterocycles. The predicted octanol–water partition coefficient (Wildman–Crippen LogP) is 0.731. The molecule has 15 heavy (non-hydrogen) atoms. The molecule has 0 amide bonds. The van der Waals surface area contributed by atoms with Crippen LogP contribution < -0.4 is 11.1 Å². The number of sulfone groups is 1. The lowest BCUT2D eigenvalue weighted by Gasteiger charge is -2.08. The van der Waals surface area contributed by atoms with Gasteiger partial charge in [-0.3, -0.25) is 0 Å². The number of anilines is 1. The molecule has 0 aliphatic carbocycles. The summed E-state index contributed by atoms with van der Waals surface area (Å²) in [5.74, 6) is 0.151. The topological polar surface area (TPSA) is 72.2 Å². The van der Waals surface area contributed by atoms with Crippen LogP contribution in [0.2, 0.25) is 0 Å². The summed E-state index contributed by atoms with van der Waals surface area (Å²) >= 11 is 1.57.